The Labute approximate surface area is 113 Å². The van der Waals surface area contributed by atoms with Gasteiger partial charge in [-0.05, 0) is 36.8 Å². The number of carbonyl (C=O) groups is 1. The molecule has 100 valence electrons. The molecule has 1 aromatic heterocycles. The van der Waals surface area contributed by atoms with E-state index in [4.69, 9.17) is 0 Å². The Bertz CT molecular complexity index is 369. The minimum atomic E-state index is 0.139. The number of hydrogen-bond acceptors (Lipinski definition) is 3. The fourth-order valence-corrected chi connectivity index (χ4v) is 3.33. The molecule has 0 spiro atoms. The number of thiophene rings is 1. The van der Waals surface area contributed by atoms with E-state index in [9.17, 15) is 4.79 Å². The summed E-state index contributed by atoms with van der Waals surface area (Å²) in [6, 6.07) is 4.30. The van der Waals surface area contributed by atoms with Gasteiger partial charge in [0.15, 0.2) is 0 Å². The molecule has 2 heterocycles. The first-order chi connectivity index (χ1) is 8.68. The number of rotatable bonds is 4. The Balaban J connectivity index is 1.98. The molecule has 2 N–H and O–H groups in total. The summed E-state index contributed by atoms with van der Waals surface area (Å²) < 4.78 is 0. The Hall–Kier alpha value is -0.870. The molecular formula is C14H22N2OS. The van der Waals surface area contributed by atoms with Gasteiger partial charge in [-0.1, -0.05) is 19.9 Å². The van der Waals surface area contributed by atoms with Gasteiger partial charge in [0, 0.05) is 11.4 Å². The van der Waals surface area contributed by atoms with E-state index in [0.29, 0.717) is 5.92 Å². The smallest absolute Gasteiger partial charge is 0.224 e. The quantitative estimate of drug-likeness (QED) is 0.879. The molecule has 1 unspecified atom stereocenters. The van der Waals surface area contributed by atoms with Crippen molar-refractivity contribution in [2.24, 2.45) is 11.8 Å². The maximum atomic E-state index is 12.3. The predicted molar refractivity (Wildman–Crippen MR) is 75.6 cm³/mol. The second kappa shape index (κ2) is 6.34. The summed E-state index contributed by atoms with van der Waals surface area (Å²) in [5.41, 5.74) is 0. The normalized spacial score (nSPS) is 21.8. The first-order valence-electron chi connectivity index (χ1n) is 6.73. The van der Waals surface area contributed by atoms with E-state index in [1.165, 1.54) is 4.88 Å². The summed E-state index contributed by atoms with van der Waals surface area (Å²) in [6.45, 7) is 6.18. The molecule has 0 saturated carbocycles. The van der Waals surface area contributed by atoms with Crippen molar-refractivity contribution < 1.29 is 4.79 Å². The number of hydrogen-bond donors (Lipinski definition) is 2. The summed E-state index contributed by atoms with van der Waals surface area (Å²) >= 11 is 1.72. The van der Waals surface area contributed by atoms with Crippen LogP contribution in [0.3, 0.4) is 0 Å². The number of carbonyl (C=O) groups excluding carboxylic acids is 1. The van der Waals surface area contributed by atoms with E-state index in [1.54, 1.807) is 11.3 Å². The van der Waals surface area contributed by atoms with Gasteiger partial charge >= 0.3 is 0 Å². The highest BCUT2D eigenvalue weighted by Crippen LogP contribution is 2.26. The Morgan fingerprint density at radius 3 is 2.94 bits per heavy atom. The Morgan fingerprint density at radius 1 is 1.56 bits per heavy atom. The van der Waals surface area contributed by atoms with Gasteiger partial charge in [0.1, 0.15) is 0 Å². The monoisotopic (exact) mass is 266 g/mol. The molecule has 1 aromatic rings. The second-order valence-electron chi connectivity index (χ2n) is 5.29. The number of nitrogens with one attached hydrogen (secondary N) is 2. The third-order valence-corrected chi connectivity index (χ3v) is 4.44. The fraction of sp³-hybridized carbons (Fsp3) is 0.643. The van der Waals surface area contributed by atoms with E-state index < -0.39 is 0 Å². The lowest BCUT2D eigenvalue weighted by molar-refractivity contribution is -0.126. The van der Waals surface area contributed by atoms with Crippen molar-refractivity contribution in [3.63, 3.8) is 0 Å². The van der Waals surface area contributed by atoms with Crippen LogP contribution in [0.2, 0.25) is 0 Å². The van der Waals surface area contributed by atoms with Crippen molar-refractivity contribution in [1.82, 2.24) is 10.6 Å². The molecule has 0 bridgehead atoms. The van der Waals surface area contributed by atoms with Crippen molar-refractivity contribution in [1.29, 1.82) is 0 Å². The minimum absolute atomic E-state index is 0.139. The van der Waals surface area contributed by atoms with Gasteiger partial charge in [0.25, 0.3) is 0 Å². The lowest BCUT2D eigenvalue weighted by Crippen LogP contribution is -2.42. The lowest BCUT2D eigenvalue weighted by atomic mass is 9.96. The minimum Gasteiger partial charge on any atom is -0.348 e. The first kappa shape index (κ1) is 13.6. The van der Waals surface area contributed by atoms with Crippen LogP contribution in [0, 0.1) is 11.8 Å². The highest BCUT2D eigenvalue weighted by atomic mass is 32.1. The van der Waals surface area contributed by atoms with Crippen molar-refractivity contribution >= 4 is 17.2 Å². The molecule has 1 saturated heterocycles. The predicted octanol–water partition coefficient (Wildman–Crippen LogP) is 2.56. The van der Waals surface area contributed by atoms with Crippen LogP contribution in [0.1, 0.15) is 37.6 Å². The van der Waals surface area contributed by atoms with Crippen molar-refractivity contribution in [2.75, 3.05) is 13.1 Å². The molecule has 3 nitrogen and oxygen atoms in total. The maximum Gasteiger partial charge on any atom is 0.224 e. The maximum absolute atomic E-state index is 12.3. The number of amides is 1. The van der Waals surface area contributed by atoms with Gasteiger partial charge in [-0.2, -0.15) is 0 Å². The Kier molecular flexibility index (Phi) is 4.78. The van der Waals surface area contributed by atoms with Crippen LogP contribution in [-0.2, 0) is 4.79 Å². The molecule has 1 aliphatic heterocycles. The van der Waals surface area contributed by atoms with E-state index in [0.717, 1.165) is 25.9 Å². The van der Waals surface area contributed by atoms with Crippen LogP contribution in [0.25, 0.3) is 0 Å². The Morgan fingerprint density at radius 2 is 2.39 bits per heavy atom. The van der Waals surface area contributed by atoms with Crippen LogP contribution in [0.5, 0.6) is 0 Å². The zero-order chi connectivity index (χ0) is 13.0. The molecule has 1 fully saturated rings. The topological polar surface area (TPSA) is 41.1 Å². The highest BCUT2D eigenvalue weighted by molar-refractivity contribution is 7.10. The van der Waals surface area contributed by atoms with Gasteiger partial charge < -0.3 is 10.6 Å². The van der Waals surface area contributed by atoms with E-state index in [2.05, 4.69) is 35.9 Å². The fourth-order valence-electron chi connectivity index (χ4n) is 2.38. The highest BCUT2D eigenvalue weighted by Gasteiger charge is 2.25. The largest absolute Gasteiger partial charge is 0.348 e. The van der Waals surface area contributed by atoms with Crippen LogP contribution in [0.4, 0.5) is 0 Å². The molecule has 2 rings (SSSR count). The molecule has 0 aromatic carbocycles. The third kappa shape index (κ3) is 3.33. The van der Waals surface area contributed by atoms with Gasteiger partial charge in [-0.3, -0.25) is 4.79 Å². The molecule has 1 aliphatic rings. The first-order valence-corrected chi connectivity index (χ1v) is 7.61. The van der Waals surface area contributed by atoms with Crippen molar-refractivity contribution in [3.8, 4) is 0 Å². The standard InChI is InChI=1S/C14H22N2OS/c1-10(2)13(12-6-4-8-18-12)16-14(17)11-5-3-7-15-9-11/h4,6,8,10-11,13,15H,3,5,7,9H2,1-2H3,(H,16,17)/t11-,13?/m0/s1. The van der Waals surface area contributed by atoms with Crippen molar-refractivity contribution in [2.45, 2.75) is 32.7 Å². The summed E-state index contributed by atoms with van der Waals surface area (Å²) in [4.78, 5) is 13.5. The molecule has 4 heteroatoms. The number of piperidine rings is 1. The molecule has 0 aliphatic carbocycles. The molecular weight excluding hydrogens is 244 g/mol. The van der Waals surface area contributed by atoms with Crippen molar-refractivity contribution in [3.05, 3.63) is 22.4 Å². The zero-order valence-corrected chi connectivity index (χ0v) is 11.9. The molecule has 0 radical (unpaired) electrons. The average molecular weight is 266 g/mol. The molecule has 1 amide bonds. The second-order valence-corrected chi connectivity index (χ2v) is 6.27. The van der Waals surface area contributed by atoms with Gasteiger partial charge in [0.05, 0.1) is 12.0 Å². The van der Waals surface area contributed by atoms with Crippen LogP contribution in [-0.4, -0.2) is 19.0 Å². The van der Waals surface area contributed by atoms with Gasteiger partial charge in [-0.25, -0.2) is 0 Å². The zero-order valence-electron chi connectivity index (χ0n) is 11.1. The van der Waals surface area contributed by atoms with E-state index in [1.807, 2.05) is 6.07 Å². The molecule has 2 atom stereocenters. The summed E-state index contributed by atoms with van der Waals surface area (Å²) in [7, 11) is 0. The average Bonchev–Trinajstić information content (AvgIpc) is 2.90. The van der Waals surface area contributed by atoms with E-state index in [-0.39, 0.29) is 17.9 Å². The summed E-state index contributed by atoms with van der Waals surface area (Å²) in [5.74, 6) is 0.762. The van der Waals surface area contributed by atoms with Crippen LogP contribution in [0.15, 0.2) is 17.5 Å². The van der Waals surface area contributed by atoms with Gasteiger partial charge in [0.2, 0.25) is 5.91 Å². The summed E-state index contributed by atoms with van der Waals surface area (Å²) in [6.07, 6.45) is 2.11. The SMILES string of the molecule is CC(C)C(NC(=O)[C@H]1CCCNC1)c1cccs1. The molecule has 18 heavy (non-hydrogen) atoms. The third-order valence-electron chi connectivity index (χ3n) is 3.48. The lowest BCUT2D eigenvalue weighted by Gasteiger charge is -2.27. The van der Waals surface area contributed by atoms with Crippen LogP contribution >= 0.6 is 11.3 Å². The summed E-state index contributed by atoms with van der Waals surface area (Å²) in [5, 5.41) is 8.58. The van der Waals surface area contributed by atoms with E-state index >= 15 is 0 Å². The van der Waals surface area contributed by atoms with Gasteiger partial charge in [-0.15, -0.1) is 11.3 Å². The van der Waals surface area contributed by atoms with Crippen LogP contribution < -0.4 is 10.6 Å².